The van der Waals surface area contributed by atoms with Crippen molar-refractivity contribution in [2.75, 3.05) is 88.1 Å². The minimum Gasteiger partial charge on any atom is -0.493 e. The van der Waals surface area contributed by atoms with Gasteiger partial charge in [-0.15, -0.1) is 36.2 Å². The Morgan fingerprint density at radius 3 is 1.92 bits per heavy atom. The number of aliphatic hydroxyl groups excluding tert-OH is 4. The summed E-state index contributed by atoms with van der Waals surface area (Å²) in [6.07, 6.45) is -2.35. The van der Waals surface area contributed by atoms with Crippen molar-refractivity contribution in [1.29, 1.82) is 0 Å². The lowest BCUT2D eigenvalue weighted by Gasteiger charge is -2.39. The van der Waals surface area contributed by atoms with Gasteiger partial charge in [0.05, 0.1) is 99.9 Å². The molecule has 3 aromatic heterocycles. The van der Waals surface area contributed by atoms with Gasteiger partial charge in [0.15, 0.2) is 34.5 Å². The number of amides is 5. The number of methoxy groups -OCH3 is 2. The van der Waals surface area contributed by atoms with Gasteiger partial charge in [-0.2, -0.15) is 8.42 Å². The van der Waals surface area contributed by atoms with Crippen LogP contribution in [0.1, 0.15) is 97.5 Å². The van der Waals surface area contributed by atoms with E-state index in [0.29, 0.717) is 71.0 Å². The van der Waals surface area contributed by atoms with Crippen LogP contribution in [-0.4, -0.2) is 247 Å². The van der Waals surface area contributed by atoms with E-state index < -0.39 is 92.4 Å². The largest absolute Gasteiger partial charge is 0.501 e. The number of fused-ring (bicyclic) bond motifs is 6. The summed E-state index contributed by atoms with van der Waals surface area (Å²) in [5.41, 5.74) is 7.57. The Morgan fingerprint density at radius 2 is 1.25 bits per heavy atom. The number of likely N-dealkylation sites (N-methyl/N-ethyl adjacent to an activating group) is 1. The summed E-state index contributed by atoms with van der Waals surface area (Å²) in [5, 5.41) is 52.8. The molecule has 6 aliphatic heterocycles. The topological polar surface area (TPSA) is 400 Å². The third-order valence-electron chi connectivity index (χ3n) is 21.4. The zero-order valence-corrected chi connectivity index (χ0v) is 68.5. The van der Waals surface area contributed by atoms with Gasteiger partial charge in [-0.3, -0.25) is 33.4 Å². The first-order valence-corrected chi connectivity index (χ1v) is 42.7. The van der Waals surface area contributed by atoms with E-state index in [1.165, 1.54) is 83.7 Å². The van der Waals surface area contributed by atoms with Crippen LogP contribution in [0, 0.1) is 0 Å². The Hall–Kier alpha value is -9.97. The second kappa shape index (κ2) is 36.3. The summed E-state index contributed by atoms with van der Waals surface area (Å²) in [4.78, 5) is 74.4. The highest BCUT2D eigenvalue weighted by Gasteiger charge is 2.47. The van der Waals surface area contributed by atoms with Gasteiger partial charge in [0.1, 0.15) is 67.4 Å². The Labute approximate surface area is 688 Å². The average molecular weight is 1700 g/mol. The van der Waals surface area contributed by atoms with Crippen LogP contribution >= 0.6 is 22.7 Å². The fraction of sp³-hybridized carbons (Fsp3) is 0.420. The third-order valence-corrected chi connectivity index (χ3v) is 25.4. The number of aliphatic hydroxyl groups is 4. The van der Waals surface area contributed by atoms with Crippen molar-refractivity contribution in [2.45, 2.75) is 133 Å². The number of rotatable bonds is 35. The molecule has 37 heteroatoms. The van der Waals surface area contributed by atoms with Crippen molar-refractivity contribution in [3.8, 4) is 40.2 Å². The van der Waals surface area contributed by atoms with Crippen LogP contribution in [0.4, 0.5) is 0 Å². The van der Waals surface area contributed by atoms with Crippen molar-refractivity contribution in [3.05, 3.63) is 203 Å². The van der Waals surface area contributed by atoms with Gasteiger partial charge >= 0.3 is 10.4 Å². The highest BCUT2D eigenvalue weighted by molar-refractivity contribution is 7.86. The number of benzene rings is 5. The van der Waals surface area contributed by atoms with Gasteiger partial charge in [0.25, 0.3) is 39.7 Å². The van der Waals surface area contributed by atoms with Crippen molar-refractivity contribution in [3.63, 3.8) is 0 Å². The lowest BCUT2D eigenvalue weighted by molar-refractivity contribution is -0.916. The molecule has 118 heavy (non-hydrogen) atoms. The van der Waals surface area contributed by atoms with Crippen LogP contribution in [0.3, 0.4) is 0 Å². The summed E-state index contributed by atoms with van der Waals surface area (Å²) < 4.78 is 132. The Kier molecular flexibility index (Phi) is 26.0. The normalized spacial score (nSPS) is 20.4. The molecule has 0 spiro atoms. The number of aryl methyl sites for hydroxylation is 1. The number of nitrogens with zero attached hydrogens (tertiary/aromatic N) is 8. The Morgan fingerprint density at radius 1 is 0.627 bits per heavy atom. The van der Waals surface area contributed by atoms with Crippen LogP contribution in [0.15, 0.2) is 126 Å². The molecule has 0 saturated carbocycles. The monoisotopic (exact) mass is 1700 g/mol. The second-order valence-electron chi connectivity index (χ2n) is 30.2. The van der Waals surface area contributed by atoms with Crippen LogP contribution in [0.5, 0.6) is 40.2 Å². The Bertz CT molecular complexity index is 5290. The molecule has 8 aromatic rings. The first-order valence-electron chi connectivity index (χ1n) is 38.1. The predicted molar refractivity (Wildman–Crippen MR) is 423 cm³/mol. The molecule has 5 aromatic carbocycles. The minimum absolute atomic E-state index is 0.0449. The lowest BCUT2D eigenvalue weighted by Crippen LogP contribution is -2.60. The number of imide groups is 1. The molecule has 1 fully saturated rings. The molecule has 33 nitrogen and oxygen atoms in total. The molecule has 0 bridgehead atoms. The van der Waals surface area contributed by atoms with Gasteiger partial charge in [-0.05, 0) is 160 Å². The molecular formula is C81H91N8O25S4+. The van der Waals surface area contributed by atoms with E-state index >= 15 is 0 Å². The molecule has 5 amide bonds. The van der Waals surface area contributed by atoms with E-state index in [2.05, 4.69) is 21.8 Å². The maximum atomic E-state index is 14.5. The van der Waals surface area contributed by atoms with Gasteiger partial charge in [-0.25, -0.2) is 4.68 Å². The van der Waals surface area contributed by atoms with E-state index in [1.807, 2.05) is 54.7 Å². The average Bonchev–Trinajstić information content (AvgIpc) is 1.60. The SMILES string of the molecule is COc1cc2c(cc1OCc1cc(COc3cc4c(cc3OC)C(=O)N3Cc5ccsc5C[C@H]3C(S(=O)(=O)O)C4)cc(C[N+](C)(C)Cc3ccc(OS(=O)(=O)Oc4cc(C(=O)N(C)CCOCCn5cc(COCCOCCN6C(=O)C=CC6=O)nn5)ccc4OC4O[C@H](CO)[C@H](O)[C@H](O)[C@H]4O)cc3)c1)CC[C@@H]1Cc3sccc3CN1C2=O. The fourth-order valence-corrected chi connectivity index (χ4v) is 19.1. The zero-order chi connectivity index (χ0) is 83.3. The number of ether oxygens (including phenoxy) is 9. The summed E-state index contributed by atoms with van der Waals surface area (Å²) >= 11 is 3.20. The highest BCUT2D eigenvalue weighted by atomic mass is 32.3. The molecule has 14 rings (SSSR count). The first kappa shape index (κ1) is 84.5. The number of aromatic nitrogens is 3. The van der Waals surface area contributed by atoms with Gasteiger partial charge < -0.3 is 90.6 Å². The predicted octanol–water partition coefficient (Wildman–Crippen LogP) is 5.37. The minimum atomic E-state index is -5.11. The quantitative estimate of drug-likeness (QED) is 0.0144. The van der Waals surface area contributed by atoms with Gasteiger partial charge in [-0.1, -0.05) is 5.21 Å². The molecule has 2 unspecified atom stereocenters. The molecule has 1 saturated heterocycles. The summed E-state index contributed by atoms with van der Waals surface area (Å²) in [6, 6.07) is 25.7. The summed E-state index contributed by atoms with van der Waals surface area (Å²) in [6.45, 7) is 2.19. The second-order valence-corrected chi connectivity index (χ2v) is 35.0. The number of carbonyl (C=O) groups excluding carboxylic acids is 5. The molecule has 0 radical (unpaired) electrons. The third kappa shape index (κ3) is 19.6. The molecule has 628 valence electrons. The lowest BCUT2D eigenvalue weighted by atomic mass is 9.97. The maximum Gasteiger partial charge on any atom is 0.501 e. The summed E-state index contributed by atoms with van der Waals surface area (Å²) in [5.74, 6) is -1.77. The first-order chi connectivity index (χ1) is 56.6. The molecular weight excluding hydrogens is 1610 g/mol. The Balaban J connectivity index is 0.644. The van der Waals surface area contributed by atoms with Crippen molar-refractivity contribution in [1.82, 2.24) is 34.6 Å². The van der Waals surface area contributed by atoms with Crippen molar-refractivity contribution >= 4 is 72.7 Å². The number of thiophene rings is 2. The van der Waals surface area contributed by atoms with Gasteiger partial charge in [0.2, 0.25) is 6.29 Å². The van der Waals surface area contributed by atoms with Crippen LogP contribution in [-0.2, 0) is 127 Å². The number of quaternary nitrogens is 1. The molecule has 5 N–H and O–H groups in total. The standard InChI is InChI=1S/C81H90N8O25S4/c1-84(18-21-106-22-19-85-41-57(82-83-85)47-108-25-24-107-23-20-86-73(91)14-15-74(86)92)78(96)53-9-13-63(111-81-77(95)76(94)75(93)69(44-90)112-81)68(32-53)114-118(102,103)113-59-11-6-48(7-12-59)42-89(2,3)43-49-28-50(45-109-66-31-52-8-10-58-35-70-54(16-26-115-70)39-87(58)79(97)60(52)36-64(66)104-4)30-51(29-49)46-110-67-33-56-34-72(117(99,100)101)62-38-71-55(17-27-116-71)40-88(62)80(98)61(56)37-65(67)105-5/h6-7,9,11-17,26-33,36-37,41,58,62,69,72,75-77,81,90,93-95H,8,10,18-25,34-35,38-40,42-47H2,1-5H3/p+1/t58-,62+,69-,72?,75+,76+,77-,81?/m1/s1. The van der Waals surface area contributed by atoms with Gasteiger partial charge in [0, 0.05) is 95.3 Å². The molecule has 8 atom stereocenters. The summed E-state index contributed by atoms with van der Waals surface area (Å²) in [7, 11) is -1.32. The number of hydrogen-bond donors (Lipinski definition) is 5. The molecule has 0 aliphatic carbocycles. The molecule has 6 aliphatic rings. The van der Waals surface area contributed by atoms with Crippen LogP contribution in [0.25, 0.3) is 0 Å². The molecule has 9 heterocycles. The van der Waals surface area contributed by atoms with Crippen molar-refractivity contribution in [2.24, 2.45) is 0 Å². The fourth-order valence-electron chi connectivity index (χ4n) is 15.4. The zero-order valence-electron chi connectivity index (χ0n) is 65.2. The van der Waals surface area contributed by atoms with E-state index in [-0.39, 0.29) is 137 Å². The number of carbonyl (C=O) groups is 5. The van der Waals surface area contributed by atoms with Crippen LogP contribution < -0.4 is 32.1 Å². The van der Waals surface area contributed by atoms with E-state index in [0.717, 1.165) is 62.1 Å². The van der Waals surface area contributed by atoms with E-state index in [4.69, 9.17) is 51.0 Å². The highest BCUT2D eigenvalue weighted by Crippen LogP contribution is 2.43. The van der Waals surface area contributed by atoms with E-state index in [9.17, 15) is 65.8 Å². The number of hydrogen-bond acceptors (Lipinski definition) is 28. The van der Waals surface area contributed by atoms with Crippen LogP contribution in [0.2, 0.25) is 0 Å². The maximum absolute atomic E-state index is 14.5. The smallest absolute Gasteiger partial charge is 0.493 e. The van der Waals surface area contributed by atoms with E-state index in [1.54, 1.807) is 52.5 Å². The van der Waals surface area contributed by atoms with Crippen molar-refractivity contribution < 1.29 is 121 Å².